The zero-order chi connectivity index (χ0) is 19.8. The number of ether oxygens (including phenoxy) is 2. The van der Waals surface area contributed by atoms with Gasteiger partial charge in [0.05, 0.1) is 6.61 Å². The van der Waals surface area contributed by atoms with E-state index < -0.39 is 0 Å². The summed E-state index contributed by atoms with van der Waals surface area (Å²) in [5, 5.41) is 4.21. The molecule has 5 heteroatoms. The van der Waals surface area contributed by atoms with E-state index >= 15 is 0 Å². The number of benzene rings is 3. The first kappa shape index (κ1) is 23.1. The smallest absolute Gasteiger partial charge is 0.161 e. The summed E-state index contributed by atoms with van der Waals surface area (Å²) in [5.41, 5.74) is 4.61. The fourth-order valence-electron chi connectivity index (χ4n) is 2.88. The molecule has 3 aromatic carbocycles. The van der Waals surface area contributed by atoms with Crippen LogP contribution in [0.25, 0.3) is 0 Å². The molecule has 0 radical (unpaired) electrons. The van der Waals surface area contributed by atoms with Crippen molar-refractivity contribution in [1.82, 2.24) is 5.32 Å². The summed E-state index contributed by atoms with van der Waals surface area (Å²) < 4.78 is 11.8. The van der Waals surface area contributed by atoms with E-state index in [0.29, 0.717) is 13.2 Å². The average Bonchev–Trinajstić information content (AvgIpc) is 2.70. The molecule has 3 nitrogen and oxygen atoms in total. The Morgan fingerprint density at radius 3 is 2.28 bits per heavy atom. The normalized spacial score (nSPS) is 10.3. The third-order valence-corrected chi connectivity index (χ3v) is 4.79. The monoisotopic (exact) mass is 431 g/mol. The van der Waals surface area contributed by atoms with E-state index in [0.717, 1.165) is 46.3 Å². The molecule has 0 atom stereocenters. The first-order valence-corrected chi connectivity index (χ1v) is 9.91. The minimum Gasteiger partial charge on any atom is -0.490 e. The fraction of sp³-hybridized carbons (Fsp3) is 0.250. The molecule has 154 valence electrons. The van der Waals surface area contributed by atoms with Crippen LogP contribution in [0.4, 0.5) is 0 Å². The van der Waals surface area contributed by atoms with Gasteiger partial charge < -0.3 is 14.8 Å². The molecular formula is C24H27Cl2NO2. The summed E-state index contributed by atoms with van der Waals surface area (Å²) in [6.07, 6.45) is 0. The summed E-state index contributed by atoms with van der Waals surface area (Å²) in [6, 6.07) is 22.3. The van der Waals surface area contributed by atoms with Gasteiger partial charge in [-0.1, -0.05) is 65.7 Å². The van der Waals surface area contributed by atoms with Crippen LogP contribution >= 0.6 is 24.0 Å². The summed E-state index contributed by atoms with van der Waals surface area (Å²) in [5.74, 6) is 1.53. The molecule has 0 amide bonds. The maximum Gasteiger partial charge on any atom is 0.161 e. The van der Waals surface area contributed by atoms with Crippen molar-refractivity contribution in [3.05, 3.63) is 94.0 Å². The second-order valence-electron chi connectivity index (χ2n) is 6.68. The summed E-state index contributed by atoms with van der Waals surface area (Å²) in [6.45, 7) is 6.61. The molecule has 0 aliphatic carbocycles. The van der Waals surface area contributed by atoms with Crippen molar-refractivity contribution >= 4 is 24.0 Å². The molecule has 0 fully saturated rings. The van der Waals surface area contributed by atoms with Crippen LogP contribution < -0.4 is 14.8 Å². The van der Waals surface area contributed by atoms with Gasteiger partial charge in [0, 0.05) is 18.1 Å². The third-order valence-electron chi connectivity index (χ3n) is 4.43. The standard InChI is InChI=1S/C24H26ClNO2.ClH/c1-3-27-24-14-20(15-26-16-21-6-4-5-7-22(21)25)12-13-23(24)28-17-19-10-8-18(2)9-11-19;/h4-14,26H,3,15-17H2,1-2H3;1H. The second-order valence-corrected chi connectivity index (χ2v) is 7.09. The van der Waals surface area contributed by atoms with Crippen molar-refractivity contribution in [3.8, 4) is 11.5 Å². The highest BCUT2D eigenvalue weighted by atomic mass is 35.5. The van der Waals surface area contributed by atoms with Crippen LogP contribution in [0.15, 0.2) is 66.7 Å². The molecule has 1 N–H and O–H groups in total. The minimum atomic E-state index is 0. The Hall–Kier alpha value is -2.20. The van der Waals surface area contributed by atoms with Crippen LogP contribution in [0.5, 0.6) is 11.5 Å². The number of hydrogen-bond acceptors (Lipinski definition) is 3. The number of nitrogens with one attached hydrogen (secondary N) is 1. The largest absolute Gasteiger partial charge is 0.490 e. The molecule has 3 rings (SSSR count). The molecule has 0 heterocycles. The second kappa shape index (κ2) is 11.7. The summed E-state index contributed by atoms with van der Waals surface area (Å²) in [7, 11) is 0. The number of aryl methyl sites for hydroxylation is 1. The van der Waals surface area contributed by atoms with Gasteiger partial charge in [-0.3, -0.25) is 0 Å². The van der Waals surface area contributed by atoms with E-state index in [1.165, 1.54) is 5.56 Å². The highest BCUT2D eigenvalue weighted by Crippen LogP contribution is 2.29. The SMILES string of the molecule is CCOc1cc(CNCc2ccccc2Cl)ccc1OCc1ccc(C)cc1.Cl. The Bertz CT molecular complexity index is 898. The van der Waals surface area contributed by atoms with Crippen molar-refractivity contribution in [2.75, 3.05) is 6.61 Å². The van der Waals surface area contributed by atoms with Gasteiger partial charge in [0.2, 0.25) is 0 Å². The van der Waals surface area contributed by atoms with Gasteiger partial charge in [0.1, 0.15) is 6.61 Å². The molecule has 0 unspecified atom stereocenters. The average molecular weight is 432 g/mol. The van der Waals surface area contributed by atoms with Crippen LogP contribution in [0.1, 0.15) is 29.2 Å². The van der Waals surface area contributed by atoms with E-state index in [1.807, 2.05) is 43.3 Å². The van der Waals surface area contributed by atoms with E-state index in [2.05, 4.69) is 42.6 Å². The van der Waals surface area contributed by atoms with Crippen molar-refractivity contribution < 1.29 is 9.47 Å². The van der Waals surface area contributed by atoms with Crippen LogP contribution in [-0.4, -0.2) is 6.61 Å². The Morgan fingerprint density at radius 1 is 0.828 bits per heavy atom. The maximum atomic E-state index is 6.21. The van der Waals surface area contributed by atoms with Crippen LogP contribution in [0.2, 0.25) is 5.02 Å². The van der Waals surface area contributed by atoms with Gasteiger partial charge in [-0.25, -0.2) is 0 Å². The Balaban J connectivity index is 0.00000300. The molecule has 0 saturated heterocycles. The molecule has 0 bridgehead atoms. The molecule has 0 spiro atoms. The van der Waals surface area contributed by atoms with Crippen LogP contribution in [0.3, 0.4) is 0 Å². The minimum absolute atomic E-state index is 0. The molecule has 0 saturated carbocycles. The lowest BCUT2D eigenvalue weighted by molar-refractivity contribution is 0.269. The van der Waals surface area contributed by atoms with Crippen molar-refractivity contribution in [3.63, 3.8) is 0 Å². The summed E-state index contributed by atoms with van der Waals surface area (Å²) in [4.78, 5) is 0. The number of rotatable bonds is 9. The number of hydrogen-bond donors (Lipinski definition) is 1. The zero-order valence-electron chi connectivity index (χ0n) is 16.8. The first-order chi connectivity index (χ1) is 13.7. The lowest BCUT2D eigenvalue weighted by atomic mass is 10.1. The number of halogens is 2. The lowest BCUT2D eigenvalue weighted by Crippen LogP contribution is -2.13. The molecule has 29 heavy (non-hydrogen) atoms. The molecule has 0 aliphatic heterocycles. The van der Waals surface area contributed by atoms with Crippen molar-refractivity contribution in [1.29, 1.82) is 0 Å². The summed E-state index contributed by atoms with van der Waals surface area (Å²) >= 11 is 6.21. The Kier molecular flexibility index (Phi) is 9.33. The molecule has 3 aromatic rings. The van der Waals surface area contributed by atoms with Crippen LogP contribution in [-0.2, 0) is 19.7 Å². The highest BCUT2D eigenvalue weighted by molar-refractivity contribution is 6.31. The first-order valence-electron chi connectivity index (χ1n) is 9.54. The lowest BCUT2D eigenvalue weighted by Gasteiger charge is -2.14. The predicted molar refractivity (Wildman–Crippen MR) is 122 cm³/mol. The van der Waals surface area contributed by atoms with Gasteiger partial charge in [0.25, 0.3) is 0 Å². The molecule has 0 aliphatic rings. The van der Waals surface area contributed by atoms with Crippen molar-refractivity contribution in [2.24, 2.45) is 0 Å². The predicted octanol–water partition coefficient (Wildman–Crippen LogP) is 6.34. The topological polar surface area (TPSA) is 30.5 Å². The van der Waals surface area contributed by atoms with Gasteiger partial charge in [-0.15, -0.1) is 12.4 Å². The van der Waals surface area contributed by atoms with E-state index in [-0.39, 0.29) is 12.4 Å². The Morgan fingerprint density at radius 2 is 1.55 bits per heavy atom. The fourth-order valence-corrected chi connectivity index (χ4v) is 3.08. The zero-order valence-corrected chi connectivity index (χ0v) is 18.4. The molecular weight excluding hydrogens is 405 g/mol. The highest BCUT2D eigenvalue weighted by Gasteiger charge is 2.08. The van der Waals surface area contributed by atoms with Crippen LogP contribution in [0, 0.1) is 6.92 Å². The molecule has 0 aromatic heterocycles. The van der Waals surface area contributed by atoms with E-state index in [4.69, 9.17) is 21.1 Å². The van der Waals surface area contributed by atoms with E-state index in [9.17, 15) is 0 Å². The van der Waals surface area contributed by atoms with Gasteiger partial charge in [-0.2, -0.15) is 0 Å². The van der Waals surface area contributed by atoms with Gasteiger partial charge in [0.15, 0.2) is 11.5 Å². The third kappa shape index (κ3) is 6.97. The quantitative estimate of drug-likeness (QED) is 0.428. The van der Waals surface area contributed by atoms with Gasteiger partial charge in [-0.05, 0) is 48.7 Å². The maximum absolute atomic E-state index is 6.21. The Labute approximate surface area is 184 Å². The van der Waals surface area contributed by atoms with E-state index in [1.54, 1.807) is 0 Å². The van der Waals surface area contributed by atoms with Crippen molar-refractivity contribution in [2.45, 2.75) is 33.5 Å². The van der Waals surface area contributed by atoms with Gasteiger partial charge >= 0.3 is 0 Å².